The molecule has 1 fully saturated rings. The largest absolute Gasteiger partial charge is 0.457 e. The van der Waals surface area contributed by atoms with Crippen LogP contribution >= 0.6 is 0 Å². The highest BCUT2D eigenvalue weighted by atomic mass is 16.6. The minimum atomic E-state index is -0.847. The van der Waals surface area contributed by atoms with Crippen LogP contribution in [0.4, 0.5) is 0 Å². The SMILES string of the molecule is CC(C)C1OC(=O)C12CC(c1ccccc1)(c1ccccc1)N=N2. The molecule has 122 valence electrons. The predicted molar refractivity (Wildman–Crippen MR) is 90.6 cm³/mol. The molecular weight excluding hydrogens is 300 g/mol. The lowest BCUT2D eigenvalue weighted by Gasteiger charge is -2.44. The summed E-state index contributed by atoms with van der Waals surface area (Å²) in [4.78, 5) is 12.3. The minimum Gasteiger partial charge on any atom is -0.457 e. The lowest BCUT2D eigenvalue weighted by atomic mass is 9.70. The van der Waals surface area contributed by atoms with Crippen LogP contribution in [0.5, 0.6) is 0 Å². The topological polar surface area (TPSA) is 51.0 Å². The Hall–Kier alpha value is -2.49. The lowest BCUT2D eigenvalue weighted by Crippen LogP contribution is -2.63. The molecule has 2 aromatic carbocycles. The average Bonchev–Trinajstić information content (AvgIpc) is 3.06. The molecule has 24 heavy (non-hydrogen) atoms. The highest BCUT2D eigenvalue weighted by Crippen LogP contribution is 2.53. The van der Waals surface area contributed by atoms with Gasteiger partial charge in [0.1, 0.15) is 11.6 Å². The van der Waals surface area contributed by atoms with Crippen LogP contribution in [0, 0.1) is 5.92 Å². The number of benzene rings is 2. The molecule has 1 saturated heterocycles. The number of rotatable bonds is 3. The highest BCUT2D eigenvalue weighted by molar-refractivity contribution is 5.88. The molecule has 2 heterocycles. The highest BCUT2D eigenvalue weighted by Gasteiger charge is 2.66. The molecule has 1 spiro atoms. The summed E-state index contributed by atoms with van der Waals surface area (Å²) in [6.07, 6.45) is 0.318. The van der Waals surface area contributed by atoms with Gasteiger partial charge in [0.25, 0.3) is 0 Å². The van der Waals surface area contributed by atoms with Gasteiger partial charge in [0.05, 0.1) is 0 Å². The van der Waals surface area contributed by atoms with E-state index in [4.69, 9.17) is 9.85 Å². The molecule has 0 amide bonds. The molecule has 0 aliphatic carbocycles. The number of nitrogens with zero attached hydrogens (tertiary/aromatic N) is 2. The van der Waals surface area contributed by atoms with Crippen molar-refractivity contribution >= 4 is 5.97 Å². The Bertz CT molecular complexity index is 746. The van der Waals surface area contributed by atoms with Gasteiger partial charge in [0, 0.05) is 6.42 Å². The molecule has 0 radical (unpaired) electrons. The number of ether oxygens (including phenoxy) is 1. The van der Waals surface area contributed by atoms with Gasteiger partial charge in [-0.05, 0) is 17.0 Å². The van der Waals surface area contributed by atoms with E-state index in [1.54, 1.807) is 0 Å². The summed E-state index contributed by atoms with van der Waals surface area (Å²) in [5.41, 5.74) is 0.632. The van der Waals surface area contributed by atoms with E-state index in [0.29, 0.717) is 6.42 Å². The Balaban J connectivity index is 1.84. The summed E-state index contributed by atoms with van der Waals surface area (Å²) < 4.78 is 5.41. The zero-order valence-electron chi connectivity index (χ0n) is 13.8. The standard InChI is InChI=1S/C20H20N2O2/c1-14(2)17-20(18(23)24-17)13-19(21-22-20,15-9-5-3-6-10-15)16-11-7-4-8-12-16/h3-12,14,17H,13H2,1-2H3. The predicted octanol–water partition coefficient (Wildman–Crippen LogP) is 4.11. The maximum atomic E-state index is 12.3. The van der Waals surface area contributed by atoms with Crippen LogP contribution in [0.25, 0.3) is 0 Å². The molecule has 4 rings (SSSR count). The van der Waals surface area contributed by atoms with Gasteiger partial charge in [0.15, 0.2) is 0 Å². The van der Waals surface area contributed by atoms with Crippen molar-refractivity contribution in [1.29, 1.82) is 0 Å². The van der Waals surface area contributed by atoms with Gasteiger partial charge >= 0.3 is 5.97 Å². The van der Waals surface area contributed by atoms with Crippen LogP contribution < -0.4 is 0 Å². The zero-order chi connectivity index (χ0) is 16.8. The van der Waals surface area contributed by atoms with E-state index in [-0.39, 0.29) is 18.0 Å². The van der Waals surface area contributed by atoms with E-state index >= 15 is 0 Å². The Kier molecular flexibility index (Phi) is 3.30. The van der Waals surface area contributed by atoms with Crippen LogP contribution in [-0.2, 0) is 15.1 Å². The number of hydrogen-bond donors (Lipinski definition) is 0. The van der Waals surface area contributed by atoms with Crippen molar-refractivity contribution < 1.29 is 9.53 Å². The second-order valence-corrected chi connectivity index (χ2v) is 6.96. The Morgan fingerprint density at radius 1 is 0.958 bits per heavy atom. The van der Waals surface area contributed by atoms with Crippen molar-refractivity contribution in [3.8, 4) is 0 Å². The molecular formula is C20H20N2O2. The Morgan fingerprint density at radius 2 is 1.50 bits per heavy atom. The number of hydrogen-bond acceptors (Lipinski definition) is 4. The molecule has 2 atom stereocenters. The van der Waals surface area contributed by atoms with Crippen molar-refractivity contribution in [3.05, 3.63) is 71.8 Å². The Labute approximate surface area is 141 Å². The monoisotopic (exact) mass is 320 g/mol. The summed E-state index contributed by atoms with van der Waals surface area (Å²) in [7, 11) is 0. The third kappa shape index (κ3) is 1.95. The third-order valence-corrected chi connectivity index (χ3v) is 5.09. The van der Waals surface area contributed by atoms with Crippen LogP contribution in [0.2, 0.25) is 0 Å². The summed E-state index contributed by atoms with van der Waals surface area (Å²) in [6.45, 7) is 4.11. The summed E-state index contributed by atoms with van der Waals surface area (Å²) in [5.74, 6) is -0.0392. The van der Waals surface area contributed by atoms with Crippen molar-refractivity contribution in [2.24, 2.45) is 16.1 Å². The van der Waals surface area contributed by atoms with Crippen LogP contribution in [-0.4, -0.2) is 17.6 Å². The van der Waals surface area contributed by atoms with Crippen LogP contribution in [0.15, 0.2) is 70.9 Å². The summed E-state index contributed by atoms with van der Waals surface area (Å²) in [6, 6.07) is 20.2. The van der Waals surface area contributed by atoms with Crippen molar-refractivity contribution in [2.45, 2.75) is 37.5 Å². The molecule has 4 nitrogen and oxygen atoms in total. The second-order valence-electron chi connectivity index (χ2n) is 6.96. The van der Waals surface area contributed by atoms with Gasteiger partial charge in [-0.2, -0.15) is 10.2 Å². The van der Waals surface area contributed by atoms with Crippen molar-refractivity contribution in [1.82, 2.24) is 0 Å². The number of carbonyl (C=O) groups excluding carboxylic acids is 1. The van der Waals surface area contributed by atoms with Gasteiger partial charge < -0.3 is 4.74 Å². The first kappa shape index (κ1) is 15.1. The average molecular weight is 320 g/mol. The fraction of sp³-hybridized carbons (Fsp3) is 0.350. The van der Waals surface area contributed by atoms with Crippen LogP contribution in [0.1, 0.15) is 31.4 Å². The van der Waals surface area contributed by atoms with Gasteiger partial charge in [-0.25, -0.2) is 4.79 Å². The quantitative estimate of drug-likeness (QED) is 0.799. The van der Waals surface area contributed by atoms with Crippen LogP contribution in [0.3, 0.4) is 0 Å². The van der Waals surface area contributed by atoms with Gasteiger partial charge in [-0.3, -0.25) is 0 Å². The van der Waals surface area contributed by atoms with E-state index in [1.807, 2.05) is 36.4 Å². The molecule has 2 unspecified atom stereocenters. The molecule has 0 N–H and O–H groups in total. The van der Waals surface area contributed by atoms with Gasteiger partial charge in [-0.15, -0.1) is 0 Å². The normalized spacial score (nSPS) is 27.3. The molecule has 2 aliphatic rings. The van der Waals surface area contributed by atoms with Gasteiger partial charge in [0.2, 0.25) is 5.54 Å². The lowest BCUT2D eigenvalue weighted by molar-refractivity contribution is -0.195. The Morgan fingerprint density at radius 3 is 1.96 bits per heavy atom. The fourth-order valence-corrected chi connectivity index (χ4v) is 3.88. The summed E-state index contributed by atoms with van der Waals surface area (Å²) >= 11 is 0. The van der Waals surface area contributed by atoms with E-state index in [1.165, 1.54) is 0 Å². The molecule has 4 heteroatoms. The van der Waals surface area contributed by atoms with E-state index in [2.05, 4.69) is 43.2 Å². The fourth-order valence-electron chi connectivity index (χ4n) is 3.88. The number of carbonyl (C=O) groups is 1. The molecule has 0 aromatic heterocycles. The maximum absolute atomic E-state index is 12.3. The number of esters is 1. The van der Waals surface area contributed by atoms with E-state index < -0.39 is 11.1 Å². The number of azo groups is 1. The third-order valence-electron chi connectivity index (χ3n) is 5.09. The van der Waals surface area contributed by atoms with Crippen molar-refractivity contribution in [2.75, 3.05) is 0 Å². The second kappa shape index (κ2) is 5.26. The van der Waals surface area contributed by atoms with E-state index in [9.17, 15) is 4.79 Å². The number of cyclic esters (lactones) is 1. The summed E-state index contributed by atoms with van der Waals surface area (Å²) in [5, 5.41) is 9.20. The minimum absolute atomic E-state index is 0.206. The molecule has 0 bridgehead atoms. The zero-order valence-corrected chi connectivity index (χ0v) is 13.8. The molecule has 0 saturated carbocycles. The molecule has 2 aromatic rings. The van der Waals surface area contributed by atoms with Crippen molar-refractivity contribution in [3.63, 3.8) is 0 Å². The maximum Gasteiger partial charge on any atom is 0.340 e. The first-order chi connectivity index (χ1) is 11.6. The van der Waals surface area contributed by atoms with Gasteiger partial charge in [-0.1, -0.05) is 74.5 Å². The van der Waals surface area contributed by atoms with E-state index in [0.717, 1.165) is 11.1 Å². The smallest absolute Gasteiger partial charge is 0.340 e. The first-order valence-corrected chi connectivity index (χ1v) is 8.35. The molecule has 2 aliphatic heterocycles. The first-order valence-electron chi connectivity index (χ1n) is 8.35.